The number of nitrogens with zero attached hydrogens (tertiary/aromatic N) is 2. The van der Waals surface area contributed by atoms with Crippen molar-refractivity contribution in [3.05, 3.63) is 93.7 Å². The quantitative estimate of drug-likeness (QED) is 0.215. The SMILES string of the molecule is COc1ccc2c(c1)OCCn1c-2c(C2CCCCC2)c2ccc(C(=O)N[C@@H](Cc3ccc(O)cc3)c3noc(=O)[nH]3)cc21. The minimum Gasteiger partial charge on any atom is -0.508 e. The standard InChI is InChI=1S/C34H34N4O6/c1-42-24-12-14-26-29(19-24)43-16-15-38-28-18-22(9-13-25(28)30(31(26)38)21-5-3-2-4-6-21)33(40)35-27(32-36-34(41)44-37-32)17-20-7-10-23(39)11-8-20/h7-14,18-19,21,27,39H,2-6,15-17H2,1H3,(H,35,40)(H,36,37,41)/t27-/m0/s1. The van der Waals surface area contributed by atoms with Crippen LogP contribution < -0.4 is 20.5 Å². The van der Waals surface area contributed by atoms with E-state index in [-0.39, 0.29) is 17.5 Å². The lowest BCUT2D eigenvalue weighted by Crippen LogP contribution is -2.31. The molecule has 10 heteroatoms. The first-order valence-electron chi connectivity index (χ1n) is 15.1. The van der Waals surface area contributed by atoms with Crippen molar-refractivity contribution in [2.75, 3.05) is 13.7 Å². The van der Waals surface area contributed by atoms with Gasteiger partial charge in [-0.1, -0.05) is 42.6 Å². The van der Waals surface area contributed by atoms with Gasteiger partial charge in [0.05, 0.1) is 25.4 Å². The van der Waals surface area contributed by atoms with Gasteiger partial charge in [-0.15, -0.1) is 0 Å². The van der Waals surface area contributed by atoms with E-state index < -0.39 is 11.8 Å². The van der Waals surface area contributed by atoms with Gasteiger partial charge >= 0.3 is 5.76 Å². The number of hydrogen-bond donors (Lipinski definition) is 3. The van der Waals surface area contributed by atoms with Crippen molar-refractivity contribution in [3.8, 4) is 28.5 Å². The molecular weight excluding hydrogens is 560 g/mol. The first-order chi connectivity index (χ1) is 21.5. The molecule has 1 atom stereocenters. The number of carbonyl (C=O) groups is 1. The summed E-state index contributed by atoms with van der Waals surface area (Å²) in [5.74, 6) is 1.35. The van der Waals surface area contributed by atoms with Gasteiger partial charge < -0.3 is 24.5 Å². The summed E-state index contributed by atoms with van der Waals surface area (Å²) in [6, 6.07) is 17.9. The molecule has 3 N–H and O–H groups in total. The van der Waals surface area contributed by atoms with Gasteiger partial charge in [0.1, 0.15) is 23.9 Å². The van der Waals surface area contributed by atoms with Crippen molar-refractivity contribution in [2.45, 2.75) is 57.0 Å². The lowest BCUT2D eigenvalue weighted by molar-refractivity contribution is 0.0934. The van der Waals surface area contributed by atoms with Gasteiger partial charge in [-0.2, -0.15) is 0 Å². The molecule has 1 saturated carbocycles. The van der Waals surface area contributed by atoms with Gasteiger partial charge in [0.15, 0.2) is 5.82 Å². The molecule has 10 nitrogen and oxygen atoms in total. The molecule has 226 valence electrons. The number of aromatic nitrogens is 3. The topological polar surface area (TPSA) is 132 Å². The van der Waals surface area contributed by atoms with Crippen LogP contribution in [0.3, 0.4) is 0 Å². The van der Waals surface area contributed by atoms with E-state index in [9.17, 15) is 14.7 Å². The molecule has 2 aliphatic rings. The maximum Gasteiger partial charge on any atom is 0.438 e. The minimum absolute atomic E-state index is 0.142. The summed E-state index contributed by atoms with van der Waals surface area (Å²) < 4.78 is 18.8. The highest BCUT2D eigenvalue weighted by molar-refractivity contribution is 6.01. The molecule has 7 rings (SSSR count). The van der Waals surface area contributed by atoms with Crippen LogP contribution in [0.5, 0.6) is 17.2 Å². The Kier molecular flexibility index (Phi) is 7.33. The number of aromatic amines is 1. The molecule has 0 spiro atoms. The summed E-state index contributed by atoms with van der Waals surface area (Å²) in [5, 5.41) is 17.7. The highest BCUT2D eigenvalue weighted by Crippen LogP contribution is 2.47. The molecule has 0 unspecified atom stereocenters. The van der Waals surface area contributed by atoms with Gasteiger partial charge in [-0.05, 0) is 66.3 Å². The van der Waals surface area contributed by atoms with Crippen LogP contribution in [0.2, 0.25) is 0 Å². The maximum absolute atomic E-state index is 13.8. The Labute approximate surface area is 253 Å². The first kappa shape index (κ1) is 27.8. The zero-order valence-corrected chi connectivity index (χ0v) is 24.5. The second-order valence-electron chi connectivity index (χ2n) is 11.6. The highest BCUT2D eigenvalue weighted by atomic mass is 16.5. The molecule has 1 fully saturated rings. The van der Waals surface area contributed by atoms with Gasteiger partial charge in [-0.25, -0.2) is 4.79 Å². The van der Waals surface area contributed by atoms with Crippen molar-refractivity contribution in [2.24, 2.45) is 0 Å². The predicted molar refractivity (Wildman–Crippen MR) is 164 cm³/mol. The number of carbonyl (C=O) groups excluding carboxylic acids is 1. The van der Waals surface area contributed by atoms with E-state index in [4.69, 9.17) is 14.0 Å². The van der Waals surface area contributed by atoms with Gasteiger partial charge in [-0.3, -0.25) is 14.3 Å². The summed E-state index contributed by atoms with van der Waals surface area (Å²) in [7, 11) is 1.66. The number of benzene rings is 3. The zero-order valence-electron chi connectivity index (χ0n) is 24.5. The molecule has 0 radical (unpaired) electrons. The van der Waals surface area contributed by atoms with E-state index in [2.05, 4.69) is 32.2 Å². The smallest absolute Gasteiger partial charge is 0.438 e. The molecule has 44 heavy (non-hydrogen) atoms. The normalized spacial score (nSPS) is 15.6. The number of hydrogen-bond acceptors (Lipinski definition) is 7. The van der Waals surface area contributed by atoms with E-state index in [1.165, 1.54) is 24.8 Å². The van der Waals surface area contributed by atoms with Crippen LogP contribution in [0.1, 0.15) is 71.4 Å². The number of fused-ring (bicyclic) bond motifs is 5. The van der Waals surface area contributed by atoms with E-state index in [1.807, 2.05) is 24.3 Å². The number of phenolic OH excluding ortho intramolecular Hbond substituents is 1. The molecule has 3 heterocycles. The van der Waals surface area contributed by atoms with Crippen LogP contribution in [0.15, 0.2) is 70.0 Å². The largest absolute Gasteiger partial charge is 0.508 e. The van der Waals surface area contributed by atoms with Crippen LogP contribution in [0.4, 0.5) is 0 Å². The second-order valence-corrected chi connectivity index (χ2v) is 11.6. The Morgan fingerprint density at radius 3 is 2.68 bits per heavy atom. The van der Waals surface area contributed by atoms with Gasteiger partial charge in [0, 0.05) is 34.5 Å². The summed E-state index contributed by atoms with van der Waals surface area (Å²) in [6.45, 7) is 1.13. The highest BCUT2D eigenvalue weighted by Gasteiger charge is 2.30. The van der Waals surface area contributed by atoms with Crippen LogP contribution in [0.25, 0.3) is 22.2 Å². The molecular formula is C34H34N4O6. The summed E-state index contributed by atoms with van der Waals surface area (Å²) in [6.07, 6.45) is 6.27. The fourth-order valence-electron chi connectivity index (χ4n) is 6.75. The Hall–Kier alpha value is -4.99. The second kappa shape index (κ2) is 11.6. The van der Waals surface area contributed by atoms with Crippen molar-refractivity contribution in [3.63, 3.8) is 0 Å². The lowest BCUT2D eigenvalue weighted by atomic mass is 9.81. The van der Waals surface area contributed by atoms with Crippen molar-refractivity contribution < 1.29 is 23.9 Å². The third-order valence-corrected chi connectivity index (χ3v) is 8.86. The van der Waals surface area contributed by atoms with E-state index >= 15 is 0 Å². The lowest BCUT2D eigenvalue weighted by Gasteiger charge is -2.23. The van der Waals surface area contributed by atoms with Gasteiger partial charge in [0.25, 0.3) is 5.91 Å². The minimum atomic E-state index is -0.697. The third-order valence-electron chi connectivity index (χ3n) is 8.86. The first-order valence-corrected chi connectivity index (χ1v) is 15.1. The third kappa shape index (κ3) is 5.21. The van der Waals surface area contributed by atoms with Crippen LogP contribution in [-0.4, -0.2) is 39.4 Å². The maximum atomic E-state index is 13.8. The fourth-order valence-corrected chi connectivity index (χ4v) is 6.75. The van der Waals surface area contributed by atoms with E-state index in [1.54, 1.807) is 31.4 Å². The molecule has 0 bridgehead atoms. The monoisotopic (exact) mass is 594 g/mol. The molecule has 2 aromatic heterocycles. The molecule has 1 aliphatic carbocycles. The molecule has 1 aliphatic heterocycles. The van der Waals surface area contributed by atoms with Crippen molar-refractivity contribution in [1.82, 2.24) is 20.0 Å². The Morgan fingerprint density at radius 2 is 1.93 bits per heavy atom. The Balaban J connectivity index is 1.29. The Morgan fingerprint density at radius 1 is 1.11 bits per heavy atom. The van der Waals surface area contributed by atoms with Crippen LogP contribution in [0, 0.1) is 0 Å². The number of methoxy groups -OCH3 is 1. The number of amides is 1. The average molecular weight is 595 g/mol. The molecule has 0 saturated heterocycles. The van der Waals surface area contributed by atoms with Crippen LogP contribution >= 0.6 is 0 Å². The van der Waals surface area contributed by atoms with Crippen LogP contribution in [-0.2, 0) is 13.0 Å². The number of H-pyrrole nitrogens is 1. The zero-order chi connectivity index (χ0) is 30.2. The van der Waals surface area contributed by atoms with Gasteiger partial charge in [0.2, 0.25) is 0 Å². The van der Waals surface area contributed by atoms with Crippen molar-refractivity contribution in [1.29, 1.82) is 0 Å². The molecule has 5 aromatic rings. The summed E-state index contributed by atoms with van der Waals surface area (Å²) in [4.78, 5) is 28.1. The van der Waals surface area contributed by atoms with E-state index in [0.717, 1.165) is 52.1 Å². The number of aromatic hydroxyl groups is 1. The number of phenols is 1. The average Bonchev–Trinajstić information content (AvgIpc) is 3.57. The predicted octanol–water partition coefficient (Wildman–Crippen LogP) is 5.85. The number of ether oxygens (including phenoxy) is 2. The molecule has 3 aromatic carbocycles. The van der Waals surface area contributed by atoms with E-state index in [0.29, 0.717) is 31.1 Å². The Bertz CT molecular complexity index is 1880. The molecule has 1 amide bonds. The summed E-state index contributed by atoms with van der Waals surface area (Å²) >= 11 is 0. The summed E-state index contributed by atoms with van der Waals surface area (Å²) in [5.41, 5.74) is 5.85. The van der Waals surface area contributed by atoms with Crippen molar-refractivity contribution >= 4 is 16.8 Å². The number of nitrogens with one attached hydrogen (secondary N) is 2. The fraction of sp³-hybridized carbons (Fsp3) is 0.324. The number of rotatable bonds is 7.